The molecule has 13 heavy (non-hydrogen) atoms. The Bertz CT molecular complexity index is 320. The maximum Gasteiger partial charge on any atom is 0.127 e. The van der Waals surface area contributed by atoms with Gasteiger partial charge in [0.1, 0.15) is 5.75 Å². The fourth-order valence-electron chi connectivity index (χ4n) is 1.77. The summed E-state index contributed by atoms with van der Waals surface area (Å²) in [6, 6.07) is 4.04. The first-order valence-electron chi connectivity index (χ1n) is 4.76. The zero-order chi connectivity index (χ0) is 9.26. The molecule has 0 bridgehead atoms. The molecule has 0 saturated carbocycles. The number of ether oxygens (including phenoxy) is 1. The molecular formula is C11H13ClO. The average molecular weight is 197 g/mol. The average Bonchev–Trinajstić information content (AvgIpc) is 2.19. The third-order valence-electron chi connectivity index (χ3n) is 2.48. The summed E-state index contributed by atoms with van der Waals surface area (Å²) in [5.41, 5.74) is 2.48. The van der Waals surface area contributed by atoms with Gasteiger partial charge >= 0.3 is 0 Å². The molecule has 0 saturated heterocycles. The van der Waals surface area contributed by atoms with E-state index in [1.807, 2.05) is 6.07 Å². The summed E-state index contributed by atoms with van der Waals surface area (Å²) >= 11 is 6.09. The van der Waals surface area contributed by atoms with Gasteiger partial charge < -0.3 is 4.74 Å². The van der Waals surface area contributed by atoms with Crippen LogP contribution in [0.3, 0.4) is 0 Å². The van der Waals surface area contributed by atoms with Crippen molar-refractivity contribution >= 4 is 11.6 Å². The molecule has 1 heterocycles. The van der Waals surface area contributed by atoms with Crippen LogP contribution in [0.15, 0.2) is 12.1 Å². The predicted molar refractivity (Wildman–Crippen MR) is 54.6 cm³/mol. The Labute approximate surface area is 83.7 Å². The molecule has 2 heteroatoms. The molecule has 1 aliphatic heterocycles. The lowest BCUT2D eigenvalue weighted by Crippen LogP contribution is -2.10. The number of benzene rings is 1. The molecule has 0 radical (unpaired) electrons. The smallest absolute Gasteiger partial charge is 0.127 e. The first kappa shape index (κ1) is 8.89. The fourth-order valence-corrected chi connectivity index (χ4v) is 2.01. The minimum absolute atomic E-state index is 0.834. The van der Waals surface area contributed by atoms with Gasteiger partial charge in [0.2, 0.25) is 0 Å². The number of fused-ring (bicyclic) bond motifs is 1. The second-order valence-corrected chi connectivity index (χ2v) is 3.73. The van der Waals surface area contributed by atoms with Gasteiger partial charge in [0.15, 0.2) is 0 Å². The van der Waals surface area contributed by atoms with E-state index in [9.17, 15) is 0 Å². The first-order valence-corrected chi connectivity index (χ1v) is 5.13. The summed E-state index contributed by atoms with van der Waals surface area (Å²) in [6.45, 7) is 2.97. The number of hydrogen-bond acceptors (Lipinski definition) is 1. The summed E-state index contributed by atoms with van der Waals surface area (Å²) in [7, 11) is 0. The second kappa shape index (κ2) is 3.59. The van der Waals surface area contributed by atoms with Gasteiger partial charge in [-0.25, -0.2) is 0 Å². The quantitative estimate of drug-likeness (QED) is 0.670. The van der Waals surface area contributed by atoms with E-state index in [2.05, 4.69) is 13.0 Å². The normalized spacial score (nSPS) is 14.9. The highest BCUT2D eigenvalue weighted by molar-refractivity contribution is 6.31. The number of hydrogen-bond donors (Lipinski definition) is 0. The third-order valence-corrected chi connectivity index (χ3v) is 2.84. The van der Waals surface area contributed by atoms with Crippen LogP contribution in [-0.4, -0.2) is 6.61 Å². The minimum Gasteiger partial charge on any atom is -0.493 e. The van der Waals surface area contributed by atoms with Crippen LogP contribution in [0.1, 0.15) is 24.5 Å². The summed E-state index contributed by atoms with van der Waals surface area (Å²) in [6.07, 6.45) is 3.15. The molecule has 2 rings (SSSR count). The van der Waals surface area contributed by atoms with Crippen molar-refractivity contribution in [3.63, 3.8) is 0 Å². The third kappa shape index (κ3) is 1.53. The fraction of sp³-hybridized carbons (Fsp3) is 0.455. The van der Waals surface area contributed by atoms with Crippen molar-refractivity contribution in [2.75, 3.05) is 6.61 Å². The van der Waals surface area contributed by atoms with Crippen LogP contribution in [0.2, 0.25) is 5.02 Å². The number of aryl methyl sites for hydroxylation is 1. The van der Waals surface area contributed by atoms with Crippen LogP contribution in [-0.2, 0) is 12.8 Å². The van der Waals surface area contributed by atoms with E-state index in [1.165, 1.54) is 11.1 Å². The molecule has 0 spiro atoms. The van der Waals surface area contributed by atoms with E-state index in [0.29, 0.717) is 0 Å². The SMILES string of the molecule is CCc1ccc(Cl)c2c1OCCC2. The highest BCUT2D eigenvalue weighted by Crippen LogP contribution is 2.34. The Kier molecular flexibility index (Phi) is 2.45. The largest absolute Gasteiger partial charge is 0.493 e. The summed E-state index contributed by atoms with van der Waals surface area (Å²) < 4.78 is 5.64. The Hall–Kier alpha value is -0.690. The van der Waals surface area contributed by atoms with Gasteiger partial charge in [-0.1, -0.05) is 24.6 Å². The summed E-state index contributed by atoms with van der Waals surface area (Å²) in [5.74, 6) is 1.04. The Balaban J connectivity index is 2.52. The molecule has 1 aromatic carbocycles. The van der Waals surface area contributed by atoms with Gasteiger partial charge in [-0.05, 0) is 30.9 Å². The van der Waals surface area contributed by atoms with E-state index in [0.717, 1.165) is 36.6 Å². The summed E-state index contributed by atoms with van der Waals surface area (Å²) in [4.78, 5) is 0. The topological polar surface area (TPSA) is 9.23 Å². The monoisotopic (exact) mass is 196 g/mol. The Morgan fingerprint density at radius 3 is 3.08 bits per heavy atom. The predicted octanol–water partition coefficient (Wildman–Crippen LogP) is 3.23. The van der Waals surface area contributed by atoms with Crippen LogP contribution < -0.4 is 4.74 Å². The maximum atomic E-state index is 6.09. The van der Waals surface area contributed by atoms with Crippen LogP contribution in [0, 0.1) is 0 Å². The van der Waals surface area contributed by atoms with Gasteiger partial charge in [0.05, 0.1) is 6.61 Å². The van der Waals surface area contributed by atoms with Gasteiger partial charge in [-0.3, -0.25) is 0 Å². The van der Waals surface area contributed by atoms with Crippen molar-refractivity contribution in [3.8, 4) is 5.75 Å². The molecule has 0 N–H and O–H groups in total. The molecule has 70 valence electrons. The van der Waals surface area contributed by atoms with Gasteiger partial charge in [-0.2, -0.15) is 0 Å². The lowest BCUT2D eigenvalue weighted by Gasteiger charge is -2.20. The van der Waals surface area contributed by atoms with Crippen LogP contribution in [0.5, 0.6) is 5.75 Å². The Morgan fingerprint density at radius 1 is 1.46 bits per heavy atom. The first-order chi connectivity index (χ1) is 6.33. The van der Waals surface area contributed by atoms with E-state index in [1.54, 1.807) is 0 Å². The number of rotatable bonds is 1. The molecule has 0 aliphatic carbocycles. The second-order valence-electron chi connectivity index (χ2n) is 3.32. The van der Waals surface area contributed by atoms with E-state index < -0.39 is 0 Å². The number of halogens is 1. The van der Waals surface area contributed by atoms with Crippen molar-refractivity contribution in [3.05, 3.63) is 28.3 Å². The zero-order valence-electron chi connectivity index (χ0n) is 7.77. The molecule has 1 aliphatic rings. The lowest BCUT2D eigenvalue weighted by atomic mass is 10.0. The van der Waals surface area contributed by atoms with E-state index in [4.69, 9.17) is 16.3 Å². The highest BCUT2D eigenvalue weighted by atomic mass is 35.5. The van der Waals surface area contributed by atoms with E-state index >= 15 is 0 Å². The van der Waals surface area contributed by atoms with Gasteiger partial charge in [-0.15, -0.1) is 0 Å². The summed E-state index contributed by atoms with van der Waals surface area (Å²) in [5, 5.41) is 0.854. The maximum absolute atomic E-state index is 6.09. The van der Waals surface area contributed by atoms with Crippen LogP contribution in [0.25, 0.3) is 0 Å². The van der Waals surface area contributed by atoms with Crippen molar-refractivity contribution in [1.29, 1.82) is 0 Å². The van der Waals surface area contributed by atoms with E-state index in [-0.39, 0.29) is 0 Å². The molecule has 0 unspecified atom stereocenters. The Morgan fingerprint density at radius 2 is 2.31 bits per heavy atom. The zero-order valence-corrected chi connectivity index (χ0v) is 8.53. The standard InChI is InChI=1S/C11H13ClO/c1-2-8-5-6-10(12)9-4-3-7-13-11(8)9/h5-6H,2-4,7H2,1H3. The van der Waals surface area contributed by atoms with Crippen molar-refractivity contribution in [2.45, 2.75) is 26.2 Å². The molecule has 1 nitrogen and oxygen atoms in total. The molecule has 0 aromatic heterocycles. The molecule has 0 atom stereocenters. The van der Waals surface area contributed by atoms with Crippen molar-refractivity contribution in [2.24, 2.45) is 0 Å². The molecule has 0 amide bonds. The molecule has 0 fully saturated rings. The minimum atomic E-state index is 0.834. The van der Waals surface area contributed by atoms with Gasteiger partial charge in [0.25, 0.3) is 0 Å². The highest BCUT2D eigenvalue weighted by Gasteiger charge is 2.16. The van der Waals surface area contributed by atoms with Crippen molar-refractivity contribution < 1.29 is 4.74 Å². The lowest BCUT2D eigenvalue weighted by molar-refractivity contribution is 0.285. The van der Waals surface area contributed by atoms with Crippen LogP contribution >= 0.6 is 11.6 Å². The van der Waals surface area contributed by atoms with Gasteiger partial charge in [0, 0.05) is 10.6 Å². The van der Waals surface area contributed by atoms with Crippen molar-refractivity contribution in [1.82, 2.24) is 0 Å². The molecular weight excluding hydrogens is 184 g/mol. The van der Waals surface area contributed by atoms with Crippen LogP contribution in [0.4, 0.5) is 0 Å². The molecule has 1 aromatic rings.